The number of ether oxygens (including phenoxy) is 4. The van der Waals surface area contributed by atoms with Crippen LogP contribution in [-0.2, 0) is 29.2 Å². The third kappa shape index (κ3) is 8.91. The van der Waals surface area contributed by atoms with Gasteiger partial charge in [-0.25, -0.2) is 9.52 Å². The van der Waals surface area contributed by atoms with Gasteiger partial charge in [0.15, 0.2) is 6.29 Å². The minimum absolute atomic E-state index is 0.00867. The highest BCUT2D eigenvalue weighted by molar-refractivity contribution is 7.88. The van der Waals surface area contributed by atoms with E-state index in [0.717, 1.165) is 0 Å². The van der Waals surface area contributed by atoms with Crippen LogP contribution in [0, 0.1) is 0 Å². The highest BCUT2D eigenvalue weighted by Gasteiger charge is 2.43. The zero-order chi connectivity index (χ0) is 21.2. The molecule has 28 heavy (non-hydrogen) atoms. The van der Waals surface area contributed by atoms with Crippen molar-refractivity contribution in [2.75, 3.05) is 46.2 Å². The standard InChI is InChI=1S/C13H26N2O12S/c16-7-8-9(17)10(18)11(19)12(27-8)26-6-5-25-4-3-24-2-1-14-28(22,23)15-13(20)21/h8-12,14-19H,1-7H2,(H,20,21)/t8-,9-,10+,11-,12-/m1/s1. The predicted molar refractivity (Wildman–Crippen MR) is 89.4 cm³/mol. The maximum atomic E-state index is 11.1. The summed E-state index contributed by atoms with van der Waals surface area (Å²) in [5.74, 6) is 0. The molecule has 0 spiro atoms. The van der Waals surface area contributed by atoms with E-state index >= 15 is 0 Å². The smallest absolute Gasteiger partial charge is 0.419 e. The summed E-state index contributed by atoms with van der Waals surface area (Å²) in [7, 11) is -4.12. The van der Waals surface area contributed by atoms with E-state index in [1.807, 2.05) is 4.72 Å². The van der Waals surface area contributed by atoms with Crippen LogP contribution in [0.15, 0.2) is 0 Å². The Balaban J connectivity index is 2.05. The molecule has 1 aliphatic rings. The third-order valence-corrected chi connectivity index (χ3v) is 4.52. The molecule has 1 aliphatic heterocycles. The Bertz CT molecular complexity index is 560. The molecule has 0 aromatic heterocycles. The summed E-state index contributed by atoms with van der Waals surface area (Å²) in [5.41, 5.74) is 0. The van der Waals surface area contributed by atoms with Crippen LogP contribution in [0.4, 0.5) is 4.79 Å². The van der Waals surface area contributed by atoms with Crippen LogP contribution in [0.3, 0.4) is 0 Å². The van der Waals surface area contributed by atoms with Gasteiger partial charge >= 0.3 is 16.3 Å². The van der Waals surface area contributed by atoms with Crippen molar-refractivity contribution in [2.24, 2.45) is 0 Å². The van der Waals surface area contributed by atoms with Crippen LogP contribution >= 0.6 is 0 Å². The first kappa shape index (κ1) is 24.9. The van der Waals surface area contributed by atoms with Gasteiger partial charge in [0.2, 0.25) is 0 Å². The lowest BCUT2D eigenvalue weighted by Crippen LogP contribution is -2.59. The van der Waals surface area contributed by atoms with E-state index in [2.05, 4.69) is 0 Å². The largest absolute Gasteiger partial charge is 0.464 e. The van der Waals surface area contributed by atoms with E-state index in [9.17, 15) is 28.5 Å². The van der Waals surface area contributed by atoms with Gasteiger partial charge in [-0.2, -0.15) is 13.1 Å². The van der Waals surface area contributed by atoms with Crippen LogP contribution < -0.4 is 9.44 Å². The number of hydrogen-bond donors (Lipinski definition) is 7. The first-order valence-corrected chi connectivity index (χ1v) is 9.74. The van der Waals surface area contributed by atoms with Crippen molar-refractivity contribution in [2.45, 2.75) is 30.7 Å². The Hall–Kier alpha value is -1.14. The number of carbonyl (C=O) groups is 1. The third-order valence-electron chi connectivity index (χ3n) is 3.49. The van der Waals surface area contributed by atoms with Gasteiger partial charge in [0, 0.05) is 6.54 Å². The second kappa shape index (κ2) is 12.4. The number of aliphatic hydroxyl groups is 4. The number of rotatable bonds is 13. The molecule has 1 heterocycles. The zero-order valence-corrected chi connectivity index (χ0v) is 15.7. The molecule has 14 nitrogen and oxygen atoms in total. The molecule has 0 unspecified atom stereocenters. The predicted octanol–water partition coefficient (Wildman–Crippen LogP) is -4.06. The van der Waals surface area contributed by atoms with Gasteiger partial charge in [0.05, 0.1) is 39.6 Å². The van der Waals surface area contributed by atoms with E-state index in [1.54, 1.807) is 0 Å². The van der Waals surface area contributed by atoms with Crippen LogP contribution in [0.25, 0.3) is 0 Å². The number of aliphatic hydroxyl groups excluding tert-OH is 4. The second-order valence-electron chi connectivity index (χ2n) is 5.60. The van der Waals surface area contributed by atoms with Crippen molar-refractivity contribution in [3.63, 3.8) is 0 Å². The highest BCUT2D eigenvalue weighted by atomic mass is 32.2. The molecule has 1 saturated heterocycles. The first-order chi connectivity index (χ1) is 13.2. The van der Waals surface area contributed by atoms with E-state index < -0.39 is 53.6 Å². The van der Waals surface area contributed by atoms with Gasteiger partial charge < -0.3 is 44.5 Å². The fourth-order valence-corrected chi connectivity index (χ4v) is 2.80. The van der Waals surface area contributed by atoms with Crippen LogP contribution in [-0.4, -0.2) is 117 Å². The van der Waals surface area contributed by atoms with Gasteiger partial charge in [-0.05, 0) is 0 Å². The summed E-state index contributed by atoms with van der Waals surface area (Å²) in [5, 5.41) is 46.4. The van der Waals surface area contributed by atoms with Gasteiger partial charge in [-0.1, -0.05) is 0 Å². The van der Waals surface area contributed by atoms with Gasteiger partial charge in [-0.15, -0.1) is 0 Å². The summed E-state index contributed by atoms with van der Waals surface area (Å²) < 4.78 is 46.1. The molecule has 1 amide bonds. The lowest BCUT2D eigenvalue weighted by atomic mass is 9.99. The molecule has 5 atom stereocenters. The molecule has 0 bridgehead atoms. The van der Waals surface area contributed by atoms with E-state index in [0.29, 0.717) is 0 Å². The van der Waals surface area contributed by atoms with Crippen molar-refractivity contribution in [3.05, 3.63) is 0 Å². The van der Waals surface area contributed by atoms with Crippen molar-refractivity contribution in [1.29, 1.82) is 0 Å². The maximum Gasteiger partial charge on any atom is 0.419 e. The van der Waals surface area contributed by atoms with Crippen molar-refractivity contribution in [3.8, 4) is 0 Å². The molecule has 1 fully saturated rings. The minimum atomic E-state index is -4.12. The fourth-order valence-electron chi connectivity index (χ4n) is 2.15. The molecule has 0 radical (unpaired) electrons. The maximum absolute atomic E-state index is 11.1. The number of nitrogens with one attached hydrogen (secondary N) is 2. The topological polar surface area (TPSA) is 213 Å². The fraction of sp³-hybridized carbons (Fsp3) is 0.923. The number of amides is 1. The van der Waals surface area contributed by atoms with Gasteiger partial charge in [0.25, 0.3) is 0 Å². The van der Waals surface area contributed by atoms with E-state index in [-0.39, 0.29) is 39.6 Å². The van der Waals surface area contributed by atoms with Crippen molar-refractivity contribution in [1.82, 2.24) is 9.44 Å². The molecular formula is C13H26N2O12S. The lowest BCUT2D eigenvalue weighted by Gasteiger charge is -2.39. The molecule has 0 saturated carbocycles. The zero-order valence-electron chi connectivity index (χ0n) is 14.8. The Morgan fingerprint density at radius 1 is 0.964 bits per heavy atom. The Labute approximate surface area is 161 Å². The quantitative estimate of drug-likeness (QED) is 0.138. The second-order valence-corrected chi connectivity index (χ2v) is 7.10. The normalized spacial score (nSPS) is 28.2. The molecular weight excluding hydrogens is 408 g/mol. The van der Waals surface area contributed by atoms with Gasteiger partial charge in [-0.3, -0.25) is 0 Å². The monoisotopic (exact) mass is 434 g/mol. The summed E-state index contributed by atoms with van der Waals surface area (Å²) in [6.45, 7) is -0.335. The highest BCUT2D eigenvalue weighted by Crippen LogP contribution is 2.21. The molecule has 0 aliphatic carbocycles. The molecule has 166 valence electrons. The van der Waals surface area contributed by atoms with Crippen molar-refractivity contribution >= 4 is 16.3 Å². The average Bonchev–Trinajstić information content (AvgIpc) is 2.61. The summed E-state index contributed by atoms with van der Waals surface area (Å²) in [4.78, 5) is 10.2. The lowest BCUT2D eigenvalue weighted by molar-refractivity contribution is -0.302. The first-order valence-electron chi connectivity index (χ1n) is 8.26. The molecule has 15 heteroatoms. The van der Waals surface area contributed by atoms with Crippen LogP contribution in [0.2, 0.25) is 0 Å². The summed E-state index contributed by atoms with van der Waals surface area (Å²) in [6, 6.07) is 0. The van der Waals surface area contributed by atoms with Crippen molar-refractivity contribution < 1.29 is 57.7 Å². The minimum Gasteiger partial charge on any atom is -0.464 e. The SMILES string of the molecule is O=C(O)NS(=O)(=O)NCCOCCOCCO[C@@H]1O[C@H](CO)[C@@H](O)[C@H](O)[C@H]1O. The van der Waals surface area contributed by atoms with E-state index in [1.165, 1.54) is 4.72 Å². The molecule has 0 aromatic carbocycles. The summed E-state index contributed by atoms with van der Waals surface area (Å²) >= 11 is 0. The Morgan fingerprint density at radius 3 is 2.18 bits per heavy atom. The number of hydrogen-bond acceptors (Lipinski definition) is 11. The average molecular weight is 434 g/mol. The van der Waals surface area contributed by atoms with Crippen LogP contribution in [0.1, 0.15) is 0 Å². The summed E-state index contributed by atoms with van der Waals surface area (Å²) in [6.07, 6.45) is -8.46. The Kier molecular flexibility index (Phi) is 11.1. The molecule has 7 N–H and O–H groups in total. The van der Waals surface area contributed by atoms with Crippen LogP contribution in [0.5, 0.6) is 0 Å². The molecule has 0 aromatic rings. The van der Waals surface area contributed by atoms with Gasteiger partial charge in [0.1, 0.15) is 24.4 Å². The number of carboxylic acid groups (broad SMARTS) is 1. The van der Waals surface area contributed by atoms with E-state index in [4.69, 9.17) is 29.2 Å². The molecule has 1 rings (SSSR count). The Morgan fingerprint density at radius 2 is 1.57 bits per heavy atom.